The zero-order valence-electron chi connectivity index (χ0n) is 7.10. The van der Waals surface area contributed by atoms with Crippen molar-refractivity contribution in [2.24, 2.45) is 0 Å². The van der Waals surface area contributed by atoms with Gasteiger partial charge in [-0.2, -0.15) is 0 Å². The number of hydrogen-bond acceptors (Lipinski definition) is 4. The summed E-state index contributed by atoms with van der Waals surface area (Å²) in [7, 11) is -0.762. The molecule has 5 heteroatoms. The molecule has 0 unspecified atom stereocenters. The third-order valence-electron chi connectivity index (χ3n) is 2.11. The number of fused-ring (bicyclic) bond motifs is 1. The Morgan fingerprint density at radius 2 is 2.46 bits per heavy atom. The zero-order valence-corrected chi connectivity index (χ0v) is 7.10. The lowest BCUT2D eigenvalue weighted by Crippen LogP contribution is -2.27. The predicted octanol–water partition coefficient (Wildman–Crippen LogP) is -0.0107. The quantitative estimate of drug-likeness (QED) is 0.595. The van der Waals surface area contributed by atoms with Gasteiger partial charge in [0.15, 0.2) is 0 Å². The Morgan fingerprint density at radius 1 is 1.62 bits per heavy atom. The van der Waals surface area contributed by atoms with Crippen LogP contribution < -0.4 is 4.65 Å². The van der Waals surface area contributed by atoms with Crippen molar-refractivity contribution in [2.75, 3.05) is 0 Å². The number of aryl methyl sites for hydroxylation is 1. The van der Waals surface area contributed by atoms with E-state index in [2.05, 4.69) is 4.98 Å². The molecule has 1 aromatic heterocycles. The van der Waals surface area contributed by atoms with Gasteiger partial charge >= 0.3 is 7.12 Å². The van der Waals surface area contributed by atoms with Crippen LogP contribution in [-0.4, -0.2) is 22.2 Å². The van der Waals surface area contributed by atoms with Crippen LogP contribution in [0.1, 0.15) is 11.3 Å². The second-order valence-electron chi connectivity index (χ2n) is 3.02. The lowest BCUT2D eigenvalue weighted by Gasteiger charge is -2.20. The number of pyridine rings is 1. The normalized spacial score (nSPS) is 15.1. The Balaban J connectivity index is 2.41. The minimum absolute atomic E-state index is 0.0857. The van der Waals surface area contributed by atoms with Crippen molar-refractivity contribution in [3.63, 3.8) is 0 Å². The highest BCUT2D eigenvalue weighted by Crippen LogP contribution is 2.28. The van der Waals surface area contributed by atoms with Crippen LogP contribution in [0.25, 0.3) is 0 Å². The van der Waals surface area contributed by atoms with E-state index in [9.17, 15) is 5.02 Å². The fraction of sp³-hybridized carbons (Fsp3) is 0.375. The van der Waals surface area contributed by atoms with Crippen molar-refractivity contribution < 1.29 is 14.8 Å². The number of aliphatic hydroxyl groups excluding tert-OH is 1. The molecule has 0 saturated carbocycles. The minimum atomic E-state index is -0.762. The molecule has 1 aliphatic rings. The highest BCUT2D eigenvalue weighted by atomic mass is 16.5. The molecule has 2 N–H and O–H groups in total. The standard InChI is InChI=1S/C8H10BNO3/c11-5-6-2-4-10-7-1-3-9(12)13-8(6)7/h2,4,11-12H,1,3,5H2. The molecule has 0 atom stereocenters. The van der Waals surface area contributed by atoms with Gasteiger partial charge in [0.25, 0.3) is 0 Å². The number of aliphatic hydroxyl groups is 1. The van der Waals surface area contributed by atoms with Crippen LogP contribution in [0, 0.1) is 0 Å². The van der Waals surface area contributed by atoms with E-state index < -0.39 is 7.12 Å². The molecule has 1 aromatic rings. The van der Waals surface area contributed by atoms with Crippen molar-refractivity contribution in [1.29, 1.82) is 0 Å². The van der Waals surface area contributed by atoms with E-state index in [0.717, 1.165) is 5.69 Å². The van der Waals surface area contributed by atoms with E-state index in [4.69, 9.17) is 9.76 Å². The number of aromatic nitrogens is 1. The van der Waals surface area contributed by atoms with Crippen LogP contribution >= 0.6 is 0 Å². The second kappa shape index (κ2) is 3.36. The summed E-state index contributed by atoms with van der Waals surface area (Å²) in [4.78, 5) is 4.12. The molecule has 0 radical (unpaired) electrons. The molecule has 0 fully saturated rings. The Morgan fingerprint density at radius 3 is 3.23 bits per heavy atom. The zero-order chi connectivity index (χ0) is 9.26. The van der Waals surface area contributed by atoms with E-state index in [0.29, 0.717) is 24.1 Å². The van der Waals surface area contributed by atoms with Gasteiger partial charge in [-0.15, -0.1) is 0 Å². The van der Waals surface area contributed by atoms with Crippen LogP contribution in [0.5, 0.6) is 5.75 Å². The molecule has 1 aliphatic heterocycles. The van der Waals surface area contributed by atoms with Gasteiger partial charge in [0, 0.05) is 18.1 Å². The average molecular weight is 179 g/mol. The monoisotopic (exact) mass is 179 g/mol. The van der Waals surface area contributed by atoms with Crippen LogP contribution in [0.2, 0.25) is 6.32 Å². The SMILES string of the molecule is OCc1ccnc2c1OB(O)CC2. The molecule has 0 aromatic carbocycles. The van der Waals surface area contributed by atoms with Crippen LogP contribution in [-0.2, 0) is 13.0 Å². The van der Waals surface area contributed by atoms with Crippen LogP contribution in [0.4, 0.5) is 0 Å². The van der Waals surface area contributed by atoms with Gasteiger partial charge in [-0.3, -0.25) is 4.98 Å². The first-order valence-electron chi connectivity index (χ1n) is 4.23. The van der Waals surface area contributed by atoms with Crippen molar-refractivity contribution in [3.05, 3.63) is 23.5 Å². The second-order valence-corrected chi connectivity index (χ2v) is 3.02. The summed E-state index contributed by atoms with van der Waals surface area (Å²) in [6.45, 7) is -0.0857. The minimum Gasteiger partial charge on any atom is -0.535 e. The van der Waals surface area contributed by atoms with Gasteiger partial charge in [-0.05, 0) is 12.5 Å². The predicted molar refractivity (Wildman–Crippen MR) is 47.3 cm³/mol. The van der Waals surface area contributed by atoms with E-state index in [1.807, 2.05) is 0 Å². The third-order valence-corrected chi connectivity index (χ3v) is 2.11. The Bertz CT molecular complexity index is 304. The molecule has 0 saturated heterocycles. The largest absolute Gasteiger partial charge is 0.535 e. The molecular weight excluding hydrogens is 169 g/mol. The topological polar surface area (TPSA) is 62.6 Å². The molecule has 13 heavy (non-hydrogen) atoms. The summed E-state index contributed by atoms with van der Waals surface area (Å²) in [6, 6.07) is 1.69. The Kier molecular flexibility index (Phi) is 2.20. The summed E-state index contributed by atoms with van der Waals surface area (Å²) in [5, 5.41) is 18.2. The summed E-state index contributed by atoms with van der Waals surface area (Å²) in [6.07, 6.45) is 2.91. The molecular formula is C8H10BNO3. The fourth-order valence-corrected chi connectivity index (χ4v) is 1.44. The van der Waals surface area contributed by atoms with E-state index in [1.54, 1.807) is 12.3 Å². The maximum atomic E-state index is 9.24. The van der Waals surface area contributed by atoms with Gasteiger partial charge in [0.05, 0.1) is 12.3 Å². The first-order valence-corrected chi connectivity index (χ1v) is 4.23. The van der Waals surface area contributed by atoms with E-state index in [1.165, 1.54) is 0 Å². The molecule has 0 spiro atoms. The first-order chi connectivity index (χ1) is 6.31. The van der Waals surface area contributed by atoms with Crippen molar-refractivity contribution in [3.8, 4) is 5.75 Å². The average Bonchev–Trinajstić information content (AvgIpc) is 2.17. The summed E-state index contributed by atoms with van der Waals surface area (Å²) in [5.41, 5.74) is 1.50. The van der Waals surface area contributed by atoms with Crippen LogP contribution in [0.15, 0.2) is 12.3 Å². The molecule has 4 nitrogen and oxygen atoms in total. The van der Waals surface area contributed by atoms with Crippen LogP contribution in [0.3, 0.4) is 0 Å². The first kappa shape index (κ1) is 8.53. The number of nitrogens with zero attached hydrogens (tertiary/aromatic N) is 1. The molecule has 0 bridgehead atoms. The summed E-state index contributed by atoms with van der Waals surface area (Å²) >= 11 is 0. The highest BCUT2D eigenvalue weighted by molar-refractivity contribution is 6.44. The van der Waals surface area contributed by atoms with Gasteiger partial charge in [0.1, 0.15) is 5.75 Å². The maximum Gasteiger partial charge on any atom is 0.522 e. The smallest absolute Gasteiger partial charge is 0.522 e. The Labute approximate surface area is 76.3 Å². The molecule has 2 rings (SSSR count). The highest BCUT2D eigenvalue weighted by Gasteiger charge is 2.25. The van der Waals surface area contributed by atoms with Crippen molar-refractivity contribution in [2.45, 2.75) is 19.3 Å². The van der Waals surface area contributed by atoms with Gasteiger partial charge in [-0.25, -0.2) is 0 Å². The third kappa shape index (κ3) is 1.52. The van der Waals surface area contributed by atoms with E-state index >= 15 is 0 Å². The van der Waals surface area contributed by atoms with Gasteiger partial charge in [-0.1, -0.05) is 0 Å². The Hall–Kier alpha value is -1.07. The number of rotatable bonds is 1. The summed E-state index contributed by atoms with van der Waals surface area (Å²) in [5.74, 6) is 0.545. The lowest BCUT2D eigenvalue weighted by atomic mass is 9.80. The lowest BCUT2D eigenvalue weighted by molar-refractivity contribution is 0.275. The van der Waals surface area contributed by atoms with Gasteiger partial charge in [0.2, 0.25) is 0 Å². The molecule has 2 heterocycles. The van der Waals surface area contributed by atoms with Crippen molar-refractivity contribution in [1.82, 2.24) is 4.98 Å². The molecule has 0 amide bonds. The molecule has 0 aliphatic carbocycles. The maximum absolute atomic E-state index is 9.24. The number of hydrogen-bond donors (Lipinski definition) is 2. The summed E-state index contributed by atoms with van der Waals surface area (Å²) < 4.78 is 5.19. The van der Waals surface area contributed by atoms with Crippen molar-refractivity contribution >= 4 is 7.12 Å². The molecule has 68 valence electrons. The van der Waals surface area contributed by atoms with Gasteiger partial charge < -0.3 is 14.8 Å². The fourth-order valence-electron chi connectivity index (χ4n) is 1.44. The van der Waals surface area contributed by atoms with E-state index in [-0.39, 0.29) is 6.61 Å².